The Hall–Kier alpha value is -0.910. The molecule has 0 spiro atoms. The lowest BCUT2D eigenvalue weighted by molar-refractivity contribution is 0.491. The number of hydrogen-bond donors (Lipinski definition) is 2. The van der Waals surface area contributed by atoms with Crippen molar-refractivity contribution < 1.29 is 8.42 Å². The molecule has 0 saturated heterocycles. The monoisotopic (exact) mass is 296 g/mol. The van der Waals surface area contributed by atoms with Gasteiger partial charge in [0.2, 0.25) is 10.0 Å². The van der Waals surface area contributed by atoms with Gasteiger partial charge in [0.1, 0.15) is 0 Å². The van der Waals surface area contributed by atoms with Crippen LogP contribution in [0, 0.1) is 11.8 Å². The summed E-state index contributed by atoms with van der Waals surface area (Å²) in [5, 5.41) is 0. The van der Waals surface area contributed by atoms with E-state index in [1.165, 1.54) is 12.8 Å². The molecule has 1 aliphatic rings. The molecule has 1 atom stereocenters. The number of aryl methyl sites for hydroxylation is 1. The van der Waals surface area contributed by atoms with Crippen LogP contribution in [-0.4, -0.2) is 15.0 Å². The highest BCUT2D eigenvalue weighted by Crippen LogP contribution is 2.36. The molecule has 1 fully saturated rings. The zero-order chi connectivity index (χ0) is 14.8. The molecule has 0 radical (unpaired) electrons. The van der Waals surface area contributed by atoms with Crippen molar-refractivity contribution in [2.45, 2.75) is 44.6 Å². The van der Waals surface area contributed by atoms with Crippen LogP contribution in [0.2, 0.25) is 0 Å². The van der Waals surface area contributed by atoms with Gasteiger partial charge >= 0.3 is 0 Å². The summed E-state index contributed by atoms with van der Waals surface area (Å²) in [5.74, 6) is 1.10. The second-order valence-corrected chi connectivity index (χ2v) is 7.40. The summed E-state index contributed by atoms with van der Waals surface area (Å²) < 4.78 is 27.7. The van der Waals surface area contributed by atoms with E-state index in [2.05, 4.69) is 11.6 Å². The first-order valence-electron chi connectivity index (χ1n) is 7.29. The van der Waals surface area contributed by atoms with Crippen molar-refractivity contribution in [1.29, 1.82) is 0 Å². The molecule has 0 amide bonds. The van der Waals surface area contributed by atoms with Crippen LogP contribution in [0.5, 0.6) is 0 Å². The van der Waals surface area contributed by atoms with E-state index in [-0.39, 0.29) is 0 Å². The first kappa shape index (κ1) is 15.5. The third-order valence-electron chi connectivity index (χ3n) is 4.06. The topological polar surface area (TPSA) is 72.2 Å². The summed E-state index contributed by atoms with van der Waals surface area (Å²) in [5.41, 5.74) is 7.30. The van der Waals surface area contributed by atoms with E-state index in [4.69, 9.17) is 5.73 Å². The van der Waals surface area contributed by atoms with E-state index in [9.17, 15) is 8.42 Å². The van der Waals surface area contributed by atoms with Crippen molar-refractivity contribution in [2.75, 3.05) is 6.54 Å². The highest BCUT2D eigenvalue weighted by molar-refractivity contribution is 7.89. The Morgan fingerprint density at radius 1 is 1.40 bits per heavy atom. The average molecular weight is 296 g/mol. The third kappa shape index (κ3) is 3.59. The fourth-order valence-corrected chi connectivity index (χ4v) is 3.92. The second-order valence-electron chi connectivity index (χ2n) is 5.67. The zero-order valence-corrected chi connectivity index (χ0v) is 13.0. The maximum Gasteiger partial charge on any atom is 0.240 e. The van der Waals surface area contributed by atoms with Crippen molar-refractivity contribution in [3.63, 3.8) is 0 Å². The number of rotatable bonds is 7. The lowest BCUT2D eigenvalue weighted by atomic mass is 10.1. The molecule has 4 nitrogen and oxygen atoms in total. The molecule has 20 heavy (non-hydrogen) atoms. The Labute approximate surface area is 121 Å². The van der Waals surface area contributed by atoms with Crippen LogP contribution in [0.3, 0.4) is 0 Å². The van der Waals surface area contributed by atoms with E-state index < -0.39 is 10.0 Å². The summed E-state index contributed by atoms with van der Waals surface area (Å²) in [4.78, 5) is 0.381. The Kier molecular flexibility index (Phi) is 4.83. The molecule has 1 aliphatic carbocycles. The molecular formula is C15H24N2O2S. The van der Waals surface area contributed by atoms with Gasteiger partial charge in [-0.25, -0.2) is 13.1 Å². The standard InChI is InChI=1S/C15H24N2O2S/c1-3-13-5-4-12(9-16)8-15(13)20(18,19)17-10-11(2)14-6-7-14/h4-5,8,11,14,17H,3,6-7,9-10,16H2,1-2H3. The molecule has 2 rings (SSSR count). The van der Waals surface area contributed by atoms with Crippen molar-refractivity contribution in [2.24, 2.45) is 17.6 Å². The van der Waals surface area contributed by atoms with Crippen molar-refractivity contribution >= 4 is 10.0 Å². The number of nitrogens with one attached hydrogen (secondary N) is 1. The van der Waals surface area contributed by atoms with Gasteiger partial charge in [0.05, 0.1) is 4.90 Å². The van der Waals surface area contributed by atoms with E-state index in [1.54, 1.807) is 6.07 Å². The molecule has 0 aliphatic heterocycles. The summed E-state index contributed by atoms with van der Waals surface area (Å²) >= 11 is 0. The quantitative estimate of drug-likeness (QED) is 0.808. The fourth-order valence-electron chi connectivity index (χ4n) is 2.42. The minimum absolute atomic E-state index is 0.352. The van der Waals surface area contributed by atoms with Crippen LogP contribution >= 0.6 is 0 Å². The van der Waals surface area contributed by atoms with E-state index >= 15 is 0 Å². The number of sulfonamides is 1. The normalized spacial score (nSPS) is 17.1. The van der Waals surface area contributed by atoms with Gasteiger partial charge in [-0.2, -0.15) is 0 Å². The van der Waals surface area contributed by atoms with Crippen LogP contribution < -0.4 is 10.5 Å². The average Bonchev–Trinajstić information content (AvgIpc) is 3.28. The van der Waals surface area contributed by atoms with Crippen LogP contribution in [0.15, 0.2) is 23.1 Å². The van der Waals surface area contributed by atoms with E-state index in [0.717, 1.165) is 11.1 Å². The number of nitrogens with two attached hydrogens (primary N) is 1. The zero-order valence-electron chi connectivity index (χ0n) is 12.2. The van der Waals surface area contributed by atoms with Crippen LogP contribution in [0.4, 0.5) is 0 Å². The lowest BCUT2D eigenvalue weighted by Crippen LogP contribution is -2.30. The molecule has 1 saturated carbocycles. The largest absolute Gasteiger partial charge is 0.326 e. The van der Waals surface area contributed by atoms with Gasteiger partial charge in [0.25, 0.3) is 0 Å². The predicted octanol–water partition coefficient (Wildman–Crippen LogP) is 2.03. The Morgan fingerprint density at radius 3 is 2.65 bits per heavy atom. The Balaban J connectivity index is 2.18. The fraction of sp³-hybridized carbons (Fsp3) is 0.600. The minimum atomic E-state index is -3.44. The number of benzene rings is 1. The third-order valence-corrected chi connectivity index (χ3v) is 5.57. The molecule has 1 unspecified atom stereocenters. The van der Waals surface area contributed by atoms with Gasteiger partial charge in [-0.3, -0.25) is 0 Å². The van der Waals surface area contributed by atoms with Gasteiger partial charge in [-0.15, -0.1) is 0 Å². The van der Waals surface area contributed by atoms with Gasteiger partial charge in [-0.1, -0.05) is 26.0 Å². The summed E-state index contributed by atoms with van der Waals surface area (Å²) in [6.45, 7) is 4.94. The first-order valence-corrected chi connectivity index (χ1v) is 8.77. The van der Waals surface area contributed by atoms with Gasteiger partial charge in [-0.05, 0) is 48.3 Å². The smallest absolute Gasteiger partial charge is 0.240 e. The lowest BCUT2D eigenvalue weighted by Gasteiger charge is -2.15. The van der Waals surface area contributed by atoms with Crippen molar-refractivity contribution in [3.05, 3.63) is 29.3 Å². The molecule has 1 aromatic carbocycles. The van der Waals surface area contributed by atoms with Gasteiger partial charge in [0, 0.05) is 13.1 Å². The van der Waals surface area contributed by atoms with E-state index in [0.29, 0.717) is 36.2 Å². The maximum absolute atomic E-state index is 12.5. The highest BCUT2D eigenvalue weighted by atomic mass is 32.2. The molecule has 0 heterocycles. The van der Waals surface area contributed by atoms with Crippen molar-refractivity contribution in [3.8, 4) is 0 Å². The first-order chi connectivity index (χ1) is 9.47. The Morgan fingerprint density at radius 2 is 2.10 bits per heavy atom. The predicted molar refractivity (Wildman–Crippen MR) is 80.8 cm³/mol. The molecule has 0 bridgehead atoms. The number of hydrogen-bond acceptors (Lipinski definition) is 3. The second kappa shape index (κ2) is 6.24. The van der Waals surface area contributed by atoms with Crippen molar-refractivity contribution in [1.82, 2.24) is 4.72 Å². The molecular weight excluding hydrogens is 272 g/mol. The SMILES string of the molecule is CCc1ccc(CN)cc1S(=O)(=O)NCC(C)C1CC1. The van der Waals surface area contributed by atoms with Crippen LogP contribution in [0.1, 0.15) is 37.8 Å². The van der Waals surface area contributed by atoms with Crippen LogP contribution in [-0.2, 0) is 23.0 Å². The summed E-state index contributed by atoms with van der Waals surface area (Å²) in [7, 11) is -3.44. The molecule has 112 valence electrons. The molecule has 0 aromatic heterocycles. The summed E-state index contributed by atoms with van der Waals surface area (Å²) in [6.07, 6.45) is 3.15. The Bertz CT molecular complexity index is 565. The highest BCUT2D eigenvalue weighted by Gasteiger charge is 2.29. The molecule has 5 heteroatoms. The maximum atomic E-state index is 12.5. The van der Waals surface area contributed by atoms with Gasteiger partial charge in [0.15, 0.2) is 0 Å². The molecule has 3 N–H and O–H groups in total. The molecule has 1 aromatic rings. The summed E-state index contributed by atoms with van der Waals surface area (Å²) in [6, 6.07) is 5.45. The van der Waals surface area contributed by atoms with Gasteiger partial charge < -0.3 is 5.73 Å². The minimum Gasteiger partial charge on any atom is -0.326 e. The van der Waals surface area contributed by atoms with Crippen LogP contribution in [0.25, 0.3) is 0 Å². The van der Waals surface area contributed by atoms with E-state index in [1.807, 2.05) is 19.1 Å².